The third kappa shape index (κ3) is 6.63. The maximum absolute atomic E-state index is 11.3. The molecule has 2 N–H and O–H groups in total. The Balaban J connectivity index is 1.37. The Morgan fingerprint density at radius 3 is 2.57 bits per heavy atom. The van der Waals surface area contributed by atoms with Crippen molar-refractivity contribution in [3.63, 3.8) is 0 Å². The number of nitrogens with zero attached hydrogens (tertiary/aromatic N) is 3. The molecule has 1 aliphatic rings. The number of hydrogen-bond donors (Lipinski definition) is 2. The van der Waals surface area contributed by atoms with E-state index in [9.17, 15) is 10.2 Å². The normalized spacial score (nSPS) is 20.1. The van der Waals surface area contributed by atoms with Crippen LogP contribution in [0.15, 0.2) is 42.7 Å². The Labute approximate surface area is 219 Å². The number of methoxy groups -OCH3 is 1. The predicted molar refractivity (Wildman–Crippen MR) is 142 cm³/mol. The average Bonchev–Trinajstić information content (AvgIpc) is 3.28. The van der Waals surface area contributed by atoms with Gasteiger partial charge in [0.25, 0.3) is 0 Å². The van der Waals surface area contributed by atoms with Crippen molar-refractivity contribution >= 4 is 0 Å². The van der Waals surface area contributed by atoms with Gasteiger partial charge in [0.1, 0.15) is 24.6 Å². The molecule has 200 valence electrons. The third-order valence-corrected chi connectivity index (χ3v) is 7.05. The molecule has 0 spiro atoms. The molecule has 1 aromatic heterocycles. The van der Waals surface area contributed by atoms with Crippen molar-refractivity contribution in [2.75, 3.05) is 33.4 Å². The summed E-state index contributed by atoms with van der Waals surface area (Å²) in [5.74, 6) is 2.09. The second kappa shape index (κ2) is 11.5. The van der Waals surface area contributed by atoms with Crippen molar-refractivity contribution in [1.82, 2.24) is 14.7 Å². The molecule has 2 heterocycles. The second-order valence-corrected chi connectivity index (χ2v) is 10.2. The first kappa shape index (κ1) is 27.0. The van der Waals surface area contributed by atoms with Gasteiger partial charge in [0.05, 0.1) is 26.0 Å². The Bertz CT molecular complexity index is 1210. The highest BCUT2D eigenvalue weighted by Crippen LogP contribution is 2.31. The van der Waals surface area contributed by atoms with Crippen molar-refractivity contribution < 1.29 is 24.4 Å². The number of ether oxygens (including phenoxy) is 3. The lowest BCUT2D eigenvalue weighted by Crippen LogP contribution is -2.59. The summed E-state index contributed by atoms with van der Waals surface area (Å²) in [6.07, 6.45) is 3.43. The van der Waals surface area contributed by atoms with Crippen LogP contribution in [0.5, 0.6) is 17.2 Å². The number of aliphatic hydroxyl groups is 2. The van der Waals surface area contributed by atoms with Crippen LogP contribution in [0.4, 0.5) is 0 Å². The van der Waals surface area contributed by atoms with Crippen LogP contribution in [0, 0.1) is 27.7 Å². The van der Waals surface area contributed by atoms with Crippen molar-refractivity contribution in [2.45, 2.75) is 58.9 Å². The molecule has 2 atom stereocenters. The largest absolute Gasteiger partial charge is 0.493 e. The van der Waals surface area contributed by atoms with E-state index in [1.807, 2.05) is 69.0 Å². The first-order chi connectivity index (χ1) is 17.7. The van der Waals surface area contributed by atoms with E-state index in [4.69, 9.17) is 14.2 Å². The van der Waals surface area contributed by atoms with Gasteiger partial charge in [-0.3, -0.25) is 9.58 Å². The number of piperidine rings is 1. The molecule has 1 fully saturated rings. The molecule has 0 bridgehead atoms. The number of β-amino-alcohol motifs (C(OH)–C–C–N with tert-alkyl or cyclic N) is 1. The second-order valence-electron chi connectivity index (χ2n) is 10.2. The van der Waals surface area contributed by atoms with Gasteiger partial charge in [0, 0.05) is 25.8 Å². The lowest BCUT2D eigenvalue weighted by Gasteiger charge is -2.42. The van der Waals surface area contributed by atoms with Crippen LogP contribution in [-0.2, 0) is 13.1 Å². The molecule has 1 aliphatic heterocycles. The summed E-state index contributed by atoms with van der Waals surface area (Å²) in [5.41, 5.74) is 4.09. The maximum Gasteiger partial charge on any atom is 0.161 e. The smallest absolute Gasteiger partial charge is 0.161 e. The zero-order chi connectivity index (χ0) is 26.6. The van der Waals surface area contributed by atoms with Crippen LogP contribution < -0.4 is 14.2 Å². The van der Waals surface area contributed by atoms with Crippen LogP contribution >= 0.6 is 0 Å². The maximum atomic E-state index is 11.3. The molecule has 3 aromatic rings. The average molecular weight is 510 g/mol. The summed E-state index contributed by atoms with van der Waals surface area (Å²) in [7, 11) is 1.63. The van der Waals surface area contributed by atoms with Gasteiger partial charge in [-0.1, -0.05) is 12.1 Å². The summed E-state index contributed by atoms with van der Waals surface area (Å²) in [4.78, 5) is 2.14. The highest BCUT2D eigenvalue weighted by Gasteiger charge is 2.42. The van der Waals surface area contributed by atoms with Gasteiger partial charge in [-0.25, -0.2) is 0 Å². The standard InChI is InChI=1S/C29H39N3O5/c1-20-12-22(3)23(4)26(13-20)37-19-29(34)18-31(9-8-28(29)33)17-24-6-7-25(27(14-24)35-5)36-11-10-32-16-21(2)15-30-32/h6-7,12-16,28,33-34H,8-11,17-19H2,1-5H3/t28-,29-/m0/s1. The Hall–Kier alpha value is -3.07. The summed E-state index contributed by atoms with van der Waals surface area (Å²) in [6, 6.07) is 9.98. The van der Waals surface area contributed by atoms with E-state index in [1.165, 1.54) is 0 Å². The van der Waals surface area contributed by atoms with E-state index in [0.717, 1.165) is 33.6 Å². The fraction of sp³-hybridized carbons (Fsp3) is 0.483. The zero-order valence-corrected chi connectivity index (χ0v) is 22.5. The number of hydrogen-bond acceptors (Lipinski definition) is 7. The van der Waals surface area contributed by atoms with Gasteiger partial charge in [-0.15, -0.1) is 0 Å². The van der Waals surface area contributed by atoms with Gasteiger partial charge in [-0.2, -0.15) is 5.10 Å². The molecule has 0 unspecified atom stereocenters. The van der Waals surface area contributed by atoms with Gasteiger partial charge in [-0.05, 0) is 80.1 Å². The lowest BCUT2D eigenvalue weighted by molar-refractivity contribution is -0.140. The van der Waals surface area contributed by atoms with Crippen LogP contribution in [-0.4, -0.2) is 70.0 Å². The molecular formula is C29H39N3O5. The van der Waals surface area contributed by atoms with E-state index >= 15 is 0 Å². The van der Waals surface area contributed by atoms with Gasteiger partial charge in [0.15, 0.2) is 11.5 Å². The third-order valence-electron chi connectivity index (χ3n) is 7.05. The minimum absolute atomic E-state index is 0.0281. The predicted octanol–water partition coefficient (Wildman–Crippen LogP) is 3.58. The summed E-state index contributed by atoms with van der Waals surface area (Å²) >= 11 is 0. The van der Waals surface area contributed by atoms with Crippen molar-refractivity contribution in [1.29, 1.82) is 0 Å². The van der Waals surface area contributed by atoms with E-state index in [-0.39, 0.29) is 6.61 Å². The van der Waals surface area contributed by atoms with Gasteiger partial charge in [0.2, 0.25) is 0 Å². The van der Waals surface area contributed by atoms with E-state index in [2.05, 4.69) is 16.1 Å². The summed E-state index contributed by atoms with van der Waals surface area (Å²) in [5, 5.41) is 26.3. The van der Waals surface area contributed by atoms with Crippen LogP contribution in [0.25, 0.3) is 0 Å². The minimum Gasteiger partial charge on any atom is -0.493 e. The molecule has 0 saturated carbocycles. The van der Waals surface area contributed by atoms with Crippen LogP contribution in [0.3, 0.4) is 0 Å². The summed E-state index contributed by atoms with van der Waals surface area (Å²) < 4.78 is 19.4. The highest BCUT2D eigenvalue weighted by atomic mass is 16.5. The molecule has 8 heteroatoms. The number of rotatable bonds is 10. The molecular weight excluding hydrogens is 470 g/mol. The quantitative estimate of drug-likeness (QED) is 0.432. The number of aryl methyl sites for hydroxylation is 3. The minimum atomic E-state index is -1.36. The first-order valence-corrected chi connectivity index (χ1v) is 12.8. The van der Waals surface area contributed by atoms with Crippen molar-refractivity contribution in [3.05, 3.63) is 70.5 Å². The monoisotopic (exact) mass is 509 g/mol. The molecule has 0 aliphatic carbocycles. The highest BCUT2D eigenvalue weighted by molar-refractivity contribution is 5.43. The molecule has 0 amide bonds. The molecule has 8 nitrogen and oxygen atoms in total. The molecule has 0 radical (unpaired) electrons. The molecule has 2 aromatic carbocycles. The van der Waals surface area contributed by atoms with E-state index in [0.29, 0.717) is 50.7 Å². The number of likely N-dealkylation sites (tertiary alicyclic amines) is 1. The van der Waals surface area contributed by atoms with Crippen molar-refractivity contribution in [2.24, 2.45) is 0 Å². The fourth-order valence-corrected chi connectivity index (χ4v) is 4.80. The SMILES string of the molecule is COc1cc(CN2CC[C@H](O)[C@@](O)(COc3cc(C)cc(C)c3C)C2)ccc1OCCn1cc(C)cn1. The van der Waals surface area contributed by atoms with Crippen molar-refractivity contribution in [3.8, 4) is 17.2 Å². The van der Waals surface area contributed by atoms with Gasteiger partial charge < -0.3 is 24.4 Å². The summed E-state index contributed by atoms with van der Waals surface area (Å²) in [6.45, 7) is 10.8. The van der Waals surface area contributed by atoms with E-state index < -0.39 is 11.7 Å². The topological polar surface area (TPSA) is 89.2 Å². The van der Waals surface area contributed by atoms with E-state index in [1.54, 1.807) is 7.11 Å². The molecule has 4 rings (SSSR count). The molecule has 37 heavy (non-hydrogen) atoms. The number of aliphatic hydroxyl groups excluding tert-OH is 1. The Morgan fingerprint density at radius 2 is 1.84 bits per heavy atom. The zero-order valence-electron chi connectivity index (χ0n) is 22.5. The van der Waals surface area contributed by atoms with Crippen LogP contribution in [0.2, 0.25) is 0 Å². The Morgan fingerprint density at radius 1 is 1.03 bits per heavy atom. The lowest BCUT2D eigenvalue weighted by atomic mass is 9.90. The number of aromatic nitrogens is 2. The Kier molecular flexibility index (Phi) is 8.42. The van der Waals surface area contributed by atoms with Crippen LogP contribution in [0.1, 0.15) is 34.2 Å². The number of benzene rings is 2. The molecule has 1 saturated heterocycles. The van der Waals surface area contributed by atoms with Gasteiger partial charge >= 0.3 is 0 Å². The fourth-order valence-electron chi connectivity index (χ4n) is 4.80. The first-order valence-electron chi connectivity index (χ1n) is 12.8.